The number of non-ortho nitro benzene ring substituents is 2. The number of nitrogens with zero attached hydrogens (tertiary/aromatic N) is 2. The third-order valence-corrected chi connectivity index (χ3v) is 17.0. The number of hydrogen-bond acceptors (Lipinski definition) is 31. The quantitative estimate of drug-likeness (QED) is 0.00816. The topological polar surface area (TPSA) is 463 Å². The molecule has 0 spiro atoms. The summed E-state index contributed by atoms with van der Waals surface area (Å²) < 4.78 is 75.5. The molecule has 0 bridgehead atoms. The van der Waals surface area contributed by atoms with Crippen LogP contribution in [0.25, 0.3) is 0 Å². The maximum atomic E-state index is 11.3. The number of carbonyl (C=O) groups excluding carboxylic acids is 7. The van der Waals surface area contributed by atoms with E-state index in [1.807, 2.05) is 0 Å². The number of aliphatic hydroxyl groups excluding tert-OH is 1. The summed E-state index contributed by atoms with van der Waals surface area (Å²) in [5, 5.41) is 38.6. The molecule has 0 aromatic heterocycles. The number of carbonyl (C=O) groups is 7. The van der Waals surface area contributed by atoms with Crippen molar-refractivity contribution in [2.45, 2.75) is 52.4 Å². The number of anilines is 3. The summed E-state index contributed by atoms with van der Waals surface area (Å²) >= 11 is 0. The van der Waals surface area contributed by atoms with Crippen LogP contribution in [0.1, 0.15) is 53.8 Å². The summed E-state index contributed by atoms with van der Waals surface area (Å²) in [6.45, 7) is 6.30. The van der Waals surface area contributed by atoms with Gasteiger partial charge in [-0.25, -0.2) is 0 Å². The number of nitrogen functional groups attached to an aromatic ring is 3. The van der Waals surface area contributed by atoms with Gasteiger partial charge in [-0.3, -0.25) is 49.0 Å². The van der Waals surface area contributed by atoms with E-state index in [1.54, 1.807) is 95.8 Å². The molecule has 8 N–H and O–H groups in total. The molecule has 35 heteroatoms. The van der Waals surface area contributed by atoms with Gasteiger partial charge < -0.3 is 105 Å². The maximum Gasteiger partial charge on any atom is 1.00 e. The molecule has 12 atom stereocenters. The number of phenols is 1. The number of ether oxygens (including phenoxy) is 15. The first-order valence-corrected chi connectivity index (χ1v) is 33.6. The third-order valence-electron chi connectivity index (χ3n) is 17.0. The monoisotopic (exact) mass is 1520 g/mol. The minimum Gasteiger partial charge on any atom is -1.00 e. The van der Waals surface area contributed by atoms with Crippen molar-refractivity contribution in [1.82, 2.24) is 0 Å². The van der Waals surface area contributed by atoms with Gasteiger partial charge in [0.1, 0.15) is 63.8 Å². The van der Waals surface area contributed by atoms with Crippen molar-refractivity contribution in [3.8, 4) is 57.5 Å². The van der Waals surface area contributed by atoms with Gasteiger partial charge in [0.25, 0.3) is 11.4 Å². The smallest absolute Gasteiger partial charge is 1.00 e. The van der Waals surface area contributed by atoms with Gasteiger partial charge in [0, 0.05) is 128 Å². The number of nitro groups is 2. The summed E-state index contributed by atoms with van der Waals surface area (Å²) in [5.41, 5.74) is 18.6. The molecule has 0 aliphatic heterocycles. The van der Waals surface area contributed by atoms with E-state index in [9.17, 15) is 53.8 Å². The van der Waals surface area contributed by atoms with Crippen molar-refractivity contribution in [3.63, 3.8) is 0 Å². The van der Waals surface area contributed by atoms with Crippen LogP contribution in [0.15, 0.2) is 91.0 Å². The summed E-state index contributed by atoms with van der Waals surface area (Å²) in [6, 6.07) is 23.5. The molecule has 6 aliphatic rings. The summed E-state index contributed by atoms with van der Waals surface area (Å²) in [4.78, 5) is 96.6. The van der Waals surface area contributed by atoms with Crippen LogP contribution in [0.5, 0.6) is 57.5 Å². The molecule has 0 saturated heterocycles. The largest absolute Gasteiger partial charge is 1.00 e. The van der Waals surface area contributed by atoms with Crippen LogP contribution >= 0.6 is 0 Å². The second-order valence-electron chi connectivity index (χ2n) is 24.8. The van der Waals surface area contributed by atoms with Crippen LogP contribution in [-0.4, -0.2) is 181 Å². The van der Waals surface area contributed by atoms with E-state index in [-0.39, 0.29) is 176 Å². The van der Waals surface area contributed by atoms with E-state index in [4.69, 9.17) is 79.5 Å². The van der Waals surface area contributed by atoms with E-state index < -0.39 is 9.85 Å². The van der Waals surface area contributed by atoms with E-state index in [1.165, 1.54) is 66.9 Å². The van der Waals surface area contributed by atoms with E-state index in [2.05, 4.69) is 18.9 Å². The molecule has 5 aromatic carbocycles. The van der Waals surface area contributed by atoms with Gasteiger partial charge in [0.05, 0.1) is 173 Å². The Morgan fingerprint density at radius 1 is 0.417 bits per heavy atom. The first-order chi connectivity index (χ1) is 50.7. The van der Waals surface area contributed by atoms with Crippen LogP contribution < -0.4 is 89.4 Å². The number of hydrogen-bond donors (Lipinski definition) is 5. The SMILES string of the molecule is CCOC(=O)C1CC1C=O.CCOC(=O)C1CC1CO.COC(=O)C1CC1COc1cc(N)cc(OC)c1.COC(=O)C1CC1COc1cc(OC)cc([N+](=O)[O-])c1.COC(=O)[C@@H]1C[C@H]1COc1cc(N)cc(OC)c1.COC(=O)[C@H]1C[C@@H]1COc1cc(N)cc(OC)c1.COc1cc(O)cc([N+](=O)[O-])c1.[B].[H-].[Na+]. The number of methoxy groups -OCH3 is 9. The molecule has 6 saturated carbocycles. The molecule has 3 radical (unpaired) electrons. The molecule has 0 amide bonds. The standard InChI is InChI=1S/C13H15NO6.3C13H17NO4.C7H7NO4.C7H12O3.C7H10O3.B.Na.H/c1-18-10-4-9(14(16)17)5-11(6-10)20-7-8-3-12(8)13(15)19-2;3*1-16-10-4-9(14)5-11(6-10)18-7-8-3-12(8)13(15)17-2;1-12-7-3-5(8(10)11)2-6(9)4-7;2*1-2-10-7(9)6-3-5(6)4-8;;;/h4-6,8,12H,3,7H2,1-2H3;3*4-6,8,12H,3,7,14H2,1-2H3;2-4,9H,1H3;5-6,8H,2-4H2,1H3;4-6H,2-3H2,1H3;;;/q;;;;;;;;+1;-1/t;2*8-,12+;;;;;;;/m.10......./s1. The van der Waals surface area contributed by atoms with Gasteiger partial charge in [-0.1, -0.05) is 0 Å². The predicted molar refractivity (Wildman–Crippen MR) is 386 cm³/mol. The first-order valence-electron chi connectivity index (χ1n) is 33.6. The fraction of sp³-hybridized carbons (Fsp3) is 0.493. The molecular weight excluding hydrogens is 1430 g/mol. The molecule has 585 valence electrons. The van der Waals surface area contributed by atoms with Crippen LogP contribution in [0.4, 0.5) is 28.4 Å². The Labute approximate surface area is 650 Å². The zero-order chi connectivity index (χ0) is 78.3. The van der Waals surface area contributed by atoms with Gasteiger partial charge in [-0.15, -0.1) is 0 Å². The number of rotatable bonds is 29. The van der Waals surface area contributed by atoms with E-state index in [0.717, 1.165) is 44.5 Å². The van der Waals surface area contributed by atoms with Crippen molar-refractivity contribution < 1.29 is 156 Å². The fourth-order valence-corrected chi connectivity index (χ4v) is 10.2. The number of aldehydes is 1. The number of aromatic hydroxyl groups is 1. The molecule has 5 aromatic rings. The van der Waals surface area contributed by atoms with E-state index >= 15 is 0 Å². The van der Waals surface area contributed by atoms with Crippen molar-refractivity contribution >= 4 is 79.0 Å². The Morgan fingerprint density at radius 3 is 0.944 bits per heavy atom. The first kappa shape index (κ1) is 92.0. The van der Waals surface area contributed by atoms with Crippen molar-refractivity contribution in [1.29, 1.82) is 0 Å². The maximum absolute atomic E-state index is 11.3. The Morgan fingerprint density at radius 2 is 0.676 bits per heavy atom. The minimum absolute atomic E-state index is 0. The Bertz CT molecular complexity index is 3590. The second kappa shape index (κ2) is 46.1. The van der Waals surface area contributed by atoms with Crippen LogP contribution in [0.3, 0.4) is 0 Å². The minimum atomic E-state index is -0.595. The average Bonchev–Trinajstić information content (AvgIpc) is 1.70. The predicted octanol–water partition coefficient (Wildman–Crippen LogP) is 4.79. The van der Waals surface area contributed by atoms with Gasteiger partial charge in [0.2, 0.25) is 0 Å². The van der Waals surface area contributed by atoms with Gasteiger partial charge >= 0.3 is 65.4 Å². The fourth-order valence-electron chi connectivity index (χ4n) is 10.2. The Balaban J connectivity index is 0.000000436. The molecule has 6 aliphatic carbocycles. The Kier molecular flexibility index (Phi) is 39.3. The zero-order valence-corrected chi connectivity index (χ0v) is 64.6. The molecule has 6 fully saturated rings. The number of nitrogens with two attached hydrogens (primary N) is 3. The summed E-state index contributed by atoms with van der Waals surface area (Å²) in [6.07, 6.45) is 5.50. The average molecular weight is 1530 g/mol. The number of benzene rings is 5. The van der Waals surface area contributed by atoms with Crippen molar-refractivity contribution in [2.24, 2.45) is 71.0 Å². The normalized spacial score (nSPS) is 20.9. The number of aliphatic hydroxyl groups is 1. The zero-order valence-electron chi connectivity index (χ0n) is 63.6. The van der Waals surface area contributed by atoms with E-state index in [0.29, 0.717) is 109 Å². The number of phenolic OH excluding ortho intramolecular Hbond substituents is 1. The van der Waals surface area contributed by atoms with Gasteiger partial charge in [0.15, 0.2) is 0 Å². The second-order valence-corrected chi connectivity index (χ2v) is 24.8. The molecule has 0 heterocycles. The summed E-state index contributed by atoms with van der Waals surface area (Å²) in [7, 11) is 13.1. The van der Waals surface area contributed by atoms with Gasteiger partial charge in [-0.05, 0) is 58.3 Å². The van der Waals surface area contributed by atoms with Crippen molar-refractivity contribution in [3.05, 3.63) is 111 Å². The number of esters is 6. The Hall–Kier alpha value is -10.2. The molecule has 8 unspecified atom stereocenters. The molecule has 33 nitrogen and oxygen atoms in total. The molecule has 11 rings (SSSR count). The van der Waals surface area contributed by atoms with Gasteiger partial charge in [-0.2, -0.15) is 0 Å². The van der Waals surface area contributed by atoms with Crippen LogP contribution in [-0.2, 0) is 62.0 Å². The van der Waals surface area contributed by atoms with Crippen LogP contribution in [0, 0.1) is 91.2 Å². The summed E-state index contributed by atoms with van der Waals surface area (Å²) in [5.74, 6) is 4.28. The molecule has 108 heavy (non-hydrogen) atoms. The van der Waals surface area contributed by atoms with Crippen LogP contribution in [0.2, 0.25) is 0 Å². The number of nitro benzene ring substituents is 2. The molecular formula is C73H96BN5NaO28. The van der Waals surface area contributed by atoms with Crippen molar-refractivity contribution in [2.75, 3.05) is 127 Å². The third kappa shape index (κ3) is 31.3.